The quantitative estimate of drug-likeness (QED) is 0.825. The minimum Gasteiger partial charge on any atom is -0.351 e. The maximum Gasteiger partial charge on any atom is 0.285 e. The van der Waals surface area contributed by atoms with Crippen molar-refractivity contribution in [2.24, 2.45) is 11.4 Å². The fraction of sp³-hybridized carbons (Fsp3) is 0.267. The van der Waals surface area contributed by atoms with E-state index < -0.39 is 10.0 Å². The molecule has 124 valence electrons. The van der Waals surface area contributed by atoms with Crippen molar-refractivity contribution in [3.05, 3.63) is 47.8 Å². The zero-order valence-electron chi connectivity index (χ0n) is 12.9. The third kappa shape index (κ3) is 2.37. The first-order chi connectivity index (χ1) is 11.4. The Hall–Kier alpha value is -2.68. The second-order valence-electron chi connectivity index (χ2n) is 5.84. The zero-order chi connectivity index (χ0) is 16.9. The average Bonchev–Trinajstić information content (AvgIpc) is 3.05. The van der Waals surface area contributed by atoms with E-state index in [9.17, 15) is 13.2 Å². The minimum atomic E-state index is -3.61. The molecule has 0 saturated carbocycles. The van der Waals surface area contributed by atoms with Crippen molar-refractivity contribution in [2.75, 3.05) is 13.1 Å². The van der Waals surface area contributed by atoms with Gasteiger partial charge in [-0.05, 0) is 18.2 Å². The monoisotopic (exact) mass is 345 g/mol. The fourth-order valence-electron chi connectivity index (χ4n) is 2.85. The van der Waals surface area contributed by atoms with Gasteiger partial charge in [-0.1, -0.05) is 12.1 Å². The molecule has 24 heavy (non-hydrogen) atoms. The van der Waals surface area contributed by atoms with Crippen LogP contribution in [0.1, 0.15) is 16.1 Å². The van der Waals surface area contributed by atoms with E-state index in [0.717, 1.165) is 0 Å². The van der Waals surface area contributed by atoms with Crippen LogP contribution in [0.15, 0.2) is 45.8 Å². The lowest BCUT2D eigenvalue weighted by molar-refractivity contribution is 0.0884. The SMILES string of the molecule is Cn1ccc(C(=O)NC2CN(C3=NS(=O)(=O)c4ccccc43)C2)n1. The molecule has 3 heterocycles. The number of carbonyl (C=O) groups excluding carboxylic acids is 1. The van der Waals surface area contributed by atoms with E-state index in [-0.39, 0.29) is 16.8 Å². The van der Waals surface area contributed by atoms with Gasteiger partial charge in [0.25, 0.3) is 15.9 Å². The predicted octanol–water partition coefficient (Wildman–Crippen LogP) is -0.0168. The number of amides is 1. The van der Waals surface area contributed by atoms with Gasteiger partial charge in [-0.2, -0.15) is 13.5 Å². The largest absolute Gasteiger partial charge is 0.351 e. The topological polar surface area (TPSA) is 96.7 Å². The van der Waals surface area contributed by atoms with Crippen molar-refractivity contribution in [2.45, 2.75) is 10.9 Å². The number of hydrogen-bond acceptors (Lipinski definition) is 5. The molecule has 8 nitrogen and oxygen atoms in total. The highest BCUT2D eigenvalue weighted by molar-refractivity contribution is 7.90. The number of nitrogens with one attached hydrogen (secondary N) is 1. The van der Waals surface area contributed by atoms with E-state index in [1.54, 1.807) is 48.3 Å². The van der Waals surface area contributed by atoms with Gasteiger partial charge in [0.05, 0.1) is 6.04 Å². The summed E-state index contributed by atoms with van der Waals surface area (Å²) in [6.45, 7) is 1.03. The van der Waals surface area contributed by atoms with Gasteiger partial charge in [0, 0.05) is 31.9 Å². The number of sulfonamides is 1. The summed E-state index contributed by atoms with van der Waals surface area (Å²) in [5, 5.41) is 6.94. The summed E-state index contributed by atoms with van der Waals surface area (Å²) in [7, 11) is -1.86. The Morgan fingerprint density at radius 1 is 1.25 bits per heavy atom. The van der Waals surface area contributed by atoms with Crippen molar-refractivity contribution in [3.8, 4) is 0 Å². The van der Waals surface area contributed by atoms with E-state index in [4.69, 9.17) is 0 Å². The molecule has 0 aliphatic carbocycles. The summed E-state index contributed by atoms with van der Waals surface area (Å²) in [6.07, 6.45) is 1.71. The van der Waals surface area contributed by atoms with Crippen LogP contribution in [0, 0.1) is 0 Å². The first-order valence-corrected chi connectivity index (χ1v) is 8.88. The highest BCUT2D eigenvalue weighted by atomic mass is 32.2. The van der Waals surface area contributed by atoms with Crippen molar-refractivity contribution in [3.63, 3.8) is 0 Å². The molecular formula is C15H15N5O3S. The molecule has 2 aliphatic rings. The van der Waals surface area contributed by atoms with Crippen LogP contribution in [-0.2, 0) is 17.1 Å². The van der Waals surface area contributed by atoms with Gasteiger partial charge < -0.3 is 10.2 Å². The summed E-state index contributed by atoms with van der Waals surface area (Å²) in [6, 6.07) is 8.36. The number of aryl methyl sites for hydroxylation is 1. The molecule has 4 rings (SSSR count). The van der Waals surface area contributed by atoms with Crippen LogP contribution in [0.3, 0.4) is 0 Å². The first-order valence-electron chi connectivity index (χ1n) is 7.44. The molecule has 1 N–H and O–H groups in total. The second kappa shape index (κ2) is 5.17. The maximum absolute atomic E-state index is 12.1. The third-order valence-corrected chi connectivity index (χ3v) is 5.40. The number of benzene rings is 1. The summed E-state index contributed by atoms with van der Waals surface area (Å²) in [4.78, 5) is 14.1. The lowest BCUT2D eigenvalue weighted by Gasteiger charge is -2.40. The average molecular weight is 345 g/mol. The molecule has 0 bridgehead atoms. The molecule has 1 aromatic carbocycles. The molecule has 1 saturated heterocycles. The van der Waals surface area contributed by atoms with Crippen LogP contribution in [0.4, 0.5) is 0 Å². The van der Waals surface area contributed by atoms with Crippen molar-refractivity contribution in [1.82, 2.24) is 20.0 Å². The second-order valence-corrected chi connectivity index (χ2v) is 7.41. The predicted molar refractivity (Wildman–Crippen MR) is 86.2 cm³/mol. The number of aromatic nitrogens is 2. The molecular weight excluding hydrogens is 330 g/mol. The number of carbonyl (C=O) groups is 1. The van der Waals surface area contributed by atoms with Crippen molar-refractivity contribution >= 4 is 21.8 Å². The number of rotatable bonds is 2. The van der Waals surface area contributed by atoms with Crippen LogP contribution < -0.4 is 5.32 Å². The Labute approximate surface area is 138 Å². The Morgan fingerprint density at radius 2 is 2.00 bits per heavy atom. The van der Waals surface area contributed by atoms with Gasteiger partial charge >= 0.3 is 0 Å². The Balaban J connectivity index is 1.44. The van der Waals surface area contributed by atoms with Gasteiger partial charge in [0.2, 0.25) is 0 Å². The number of hydrogen-bond donors (Lipinski definition) is 1. The number of likely N-dealkylation sites (tertiary alicyclic amines) is 1. The Bertz CT molecular complexity index is 957. The standard InChI is InChI=1S/C15H15N5O3S/c1-19-7-6-12(17-19)15(21)16-10-8-20(9-10)14-11-4-2-3-5-13(11)24(22,23)18-14/h2-7,10H,8-9H2,1H3,(H,16,21). The van der Waals surface area contributed by atoms with Gasteiger partial charge in [-0.15, -0.1) is 4.40 Å². The van der Waals surface area contributed by atoms with Crippen LogP contribution >= 0.6 is 0 Å². The highest BCUT2D eigenvalue weighted by Crippen LogP contribution is 2.29. The van der Waals surface area contributed by atoms with Gasteiger partial charge in [-0.25, -0.2) is 0 Å². The molecule has 1 aromatic heterocycles. The van der Waals surface area contributed by atoms with Crippen LogP contribution in [-0.4, -0.2) is 54.0 Å². The molecule has 0 atom stereocenters. The zero-order valence-corrected chi connectivity index (χ0v) is 13.7. The molecule has 9 heteroatoms. The minimum absolute atomic E-state index is 0.0577. The van der Waals surface area contributed by atoms with Crippen LogP contribution in [0.5, 0.6) is 0 Å². The number of amidine groups is 1. The normalized spacial score (nSPS) is 18.7. The van der Waals surface area contributed by atoms with Crippen molar-refractivity contribution in [1.29, 1.82) is 0 Å². The lowest BCUT2D eigenvalue weighted by atomic mass is 10.1. The molecule has 1 amide bonds. The Kier molecular flexibility index (Phi) is 3.20. The summed E-state index contributed by atoms with van der Waals surface area (Å²) < 4.78 is 29.6. The Morgan fingerprint density at radius 3 is 2.71 bits per heavy atom. The van der Waals surface area contributed by atoms with E-state index in [2.05, 4.69) is 14.8 Å². The molecule has 1 fully saturated rings. The molecule has 2 aliphatic heterocycles. The van der Waals surface area contributed by atoms with E-state index in [1.165, 1.54) is 0 Å². The van der Waals surface area contributed by atoms with Crippen molar-refractivity contribution < 1.29 is 13.2 Å². The molecule has 0 unspecified atom stereocenters. The number of nitrogens with zero attached hydrogens (tertiary/aromatic N) is 4. The first kappa shape index (κ1) is 14.9. The van der Waals surface area contributed by atoms with E-state index in [0.29, 0.717) is 30.2 Å². The summed E-state index contributed by atoms with van der Waals surface area (Å²) in [5.74, 6) is 0.218. The summed E-state index contributed by atoms with van der Waals surface area (Å²) in [5.41, 5.74) is 0.981. The van der Waals surface area contributed by atoms with E-state index in [1.807, 2.05) is 4.90 Å². The molecule has 0 spiro atoms. The highest BCUT2D eigenvalue weighted by Gasteiger charge is 2.37. The summed E-state index contributed by atoms with van der Waals surface area (Å²) >= 11 is 0. The van der Waals surface area contributed by atoms with Gasteiger partial charge in [-0.3, -0.25) is 9.48 Å². The van der Waals surface area contributed by atoms with Crippen LogP contribution in [0.2, 0.25) is 0 Å². The van der Waals surface area contributed by atoms with Gasteiger partial charge in [0.1, 0.15) is 10.6 Å². The van der Waals surface area contributed by atoms with Crippen LogP contribution in [0.25, 0.3) is 0 Å². The number of fused-ring (bicyclic) bond motifs is 1. The van der Waals surface area contributed by atoms with Gasteiger partial charge in [0.15, 0.2) is 5.84 Å². The fourth-order valence-corrected chi connectivity index (χ4v) is 4.08. The lowest BCUT2D eigenvalue weighted by Crippen LogP contribution is -2.61. The van der Waals surface area contributed by atoms with E-state index >= 15 is 0 Å². The molecule has 0 radical (unpaired) electrons. The molecule has 2 aromatic rings. The third-order valence-electron chi connectivity index (χ3n) is 4.08. The maximum atomic E-state index is 12.1. The smallest absolute Gasteiger partial charge is 0.285 e.